The highest BCUT2D eigenvalue weighted by molar-refractivity contribution is 7.10. The van der Waals surface area contributed by atoms with Crippen molar-refractivity contribution in [1.82, 2.24) is 10.5 Å². The van der Waals surface area contributed by atoms with Crippen LogP contribution in [0.3, 0.4) is 0 Å². The molecule has 0 radical (unpaired) electrons. The zero-order chi connectivity index (χ0) is 15.4. The first-order valence-corrected chi connectivity index (χ1v) is 8.38. The third kappa shape index (κ3) is 3.08. The van der Waals surface area contributed by atoms with Gasteiger partial charge in [-0.25, -0.2) is 0 Å². The summed E-state index contributed by atoms with van der Waals surface area (Å²) < 4.78 is 10.0. The zero-order valence-electron chi connectivity index (χ0n) is 12.6. The topological polar surface area (TPSA) is 64.4 Å². The van der Waals surface area contributed by atoms with Crippen molar-refractivity contribution < 1.29 is 14.1 Å². The fourth-order valence-corrected chi connectivity index (χ4v) is 4.10. The van der Waals surface area contributed by atoms with Crippen molar-refractivity contribution in [3.8, 4) is 0 Å². The van der Waals surface area contributed by atoms with Gasteiger partial charge >= 0.3 is 0 Å². The monoisotopic (exact) mass is 320 g/mol. The average molecular weight is 320 g/mol. The molecule has 0 bridgehead atoms. The first-order valence-electron chi connectivity index (χ1n) is 7.50. The SMILES string of the molecule is COCc1cc(C(=O)NCC2(c3cccs3)CCCC2)no1. The van der Waals surface area contributed by atoms with Gasteiger partial charge in [-0.1, -0.05) is 24.1 Å². The molecule has 2 heterocycles. The van der Waals surface area contributed by atoms with E-state index in [-0.39, 0.29) is 11.3 Å². The summed E-state index contributed by atoms with van der Waals surface area (Å²) in [5.41, 5.74) is 0.398. The van der Waals surface area contributed by atoms with E-state index in [2.05, 4.69) is 28.0 Å². The smallest absolute Gasteiger partial charge is 0.273 e. The van der Waals surface area contributed by atoms with Crippen LogP contribution in [0.25, 0.3) is 0 Å². The Morgan fingerprint density at radius 3 is 3.00 bits per heavy atom. The van der Waals surface area contributed by atoms with E-state index in [0.717, 1.165) is 12.8 Å². The molecule has 1 saturated carbocycles. The minimum atomic E-state index is -0.186. The molecule has 1 aliphatic rings. The highest BCUT2D eigenvalue weighted by Gasteiger charge is 2.37. The largest absolute Gasteiger partial charge is 0.377 e. The van der Waals surface area contributed by atoms with E-state index in [1.807, 2.05) is 0 Å². The number of rotatable bonds is 6. The second-order valence-electron chi connectivity index (χ2n) is 5.76. The molecule has 0 spiro atoms. The number of carbonyl (C=O) groups is 1. The van der Waals surface area contributed by atoms with Crippen LogP contribution in [0.5, 0.6) is 0 Å². The summed E-state index contributed by atoms with van der Waals surface area (Å²) >= 11 is 1.78. The Morgan fingerprint density at radius 1 is 1.50 bits per heavy atom. The molecule has 0 atom stereocenters. The second kappa shape index (κ2) is 6.62. The molecular formula is C16H20N2O3S. The van der Waals surface area contributed by atoms with Crippen molar-refractivity contribution >= 4 is 17.2 Å². The molecule has 22 heavy (non-hydrogen) atoms. The molecule has 0 aromatic carbocycles. The van der Waals surface area contributed by atoms with Gasteiger partial charge in [-0.3, -0.25) is 4.79 Å². The normalized spacial score (nSPS) is 16.8. The van der Waals surface area contributed by atoms with E-state index in [9.17, 15) is 4.79 Å². The molecule has 6 heteroatoms. The number of ether oxygens (including phenoxy) is 1. The lowest BCUT2D eigenvalue weighted by molar-refractivity contribution is 0.0933. The molecule has 2 aromatic rings. The van der Waals surface area contributed by atoms with E-state index in [4.69, 9.17) is 9.26 Å². The van der Waals surface area contributed by atoms with Crippen LogP contribution in [-0.4, -0.2) is 24.7 Å². The van der Waals surface area contributed by atoms with Crippen LogP contribution >= 0.6 is 11.3 Å². The predicted molar refractivity (Wildman–Crippen MR) is 84.0 cm³/mol. The highest BCUT2D eigenvalue weighted by Crippen LogP contribution is 2.42. The van der Waals surface area contributed by atoms with Crippen LogP contribution in [0.4, 0.5) is 0 Å². The number of carbonyl (C=O) groups excluding carboxylic acids is 1. The van der Waals surface area contributed by atoms with E-state index < -0.39 is 0 Å². The molecule has 1 N–H and O–H groups in total. The standard InChI is InChI=1S/C16H20N2O3S/c1-20-10-12-9-13(18-21-12)15(19)17-11-16(6-2-3-7-16)14-5-4-8-22-14/h4-5,8-9H,2-3,6-7,10-11H2,1H3,(H,17,19). The molecule has 5 nitrogen and oxygen atoms in total. The molecule has 0 saturated heterocycles. The van der Waals surface area contributed by atoms with Gasteiger partial charge in [-0.2, -0.15) is 0 Å². The zero-order valence-corrected chi connectivity index (χ0v) is 13.4. The second-order valence-corrected chi connectivity index (χ2v) is 6.71. The Hall–Kier alpha value is -1.66. The van der Waals surface area contributed by atoms with Gasteiger partial charge in [-0.05, 0) is 24.3 Å². The third-order valence-corrected chi connectivity index (χ3v) is 5.39. The summed E-state index contributed by atoms with van der Waals surface area (Å²) in [6, 6.07) is 5.89. The lowest BCUT2D eigenvalue weighted by Gasteiger charge is -2.28. The maximum absolute atomic E-state index is 12.3. The molecule has 0 unspecified atom stereocenters. The van der Waals surface area contributed by atoms with Gasteiger partial charge in [0.05, 0.1) is 0 Å². The van der Waals surface area contributed by atoms with Crippen LogP contribution in [0.15, 0.2) is 28.1 Å². The first-order chi connectivity index (χ1) is 10.7. The number of methoxy groups -OCH3 is 1. The molecule has 3 rings (SSSR count). The minimum Gasteiger partial charge on any atom is -0.377 e. The molecule has 118 valence electrons. The van der Waals surface area contributed by atoms with Gasteiger partial charge in [0.1, 0.15) is 6.61 Å². The molecular weight excluding hydrogens is 300 g/mol. The van der Waals surface area contributed by atoms with Gasteiger partial charge in [0.15, 0.2) is 11.5 Å². The Bertz CT molecular complexity index is 615. The summed E-state index contributed by atoms with van der Waals surface area (Å²) in [5.74, 6) is 0.371. The van der Waals surface area contributed by atoms with Gasteiger partial charge in [0, 0.05) is 30.0 Å². The van der Waals surface area contributed by atoms with Crippen LogP contribution in [0.1, 0.15) is 46.8 Å². The van der Waals surface area contributed by atoms with Crippen molar-refractivity contribution in [3.63, 3.8) is 0 Å². The van der Waals surface area contributed by atoms with Crippen LogP contribution in [0, 0.1) is 0 Å². The van der Waals surface area contributed by atoms with Crippen LogP contribution < -0.4 is 5.32 Å². The summed E-state index contributed by atoms with van der Waals surface area (Å²) in [4.78, 5) is 13.6. The van der Waals surface area contributed by atoms with Crippen molar-refractivity contribution in [2.24, 2.45) is 0 Å². The minimum absolute atomic E-state index is 0.0862. The van der Waals surface area contributed by atoms with Crippen molar-refractivity contribution in [2.75, 3.05) is 13.7 Å². The summed E-state index contributed by atoms with van der Waals surface area (Å²) in [6.07, 6.45) is 4.69. The Balaban J connectivity index is 1.66. The number of nitrogens with zero attached hydrogens (tertiary/aromatic N) is 1. The summed E-state index contributed by atoms with van der Waals surface area (Å²) in [6.45, 7) is 0.970. The summed E-state index contributed by atoms with van der Waals surface area (Å²) in [7, 11) is 1.58. The average Bonchev–Trinajstić information content (AvgIpc) is 3.26. The Morgan fingerprint density at radius 2 is 2.32 bits per heavy atom. The van der Waals surface area contributed by atoms with Crippen molar-refractivity contribution in [2.45, 2.75) is 37.7 Å². The van der Waals surface area contributed by atoms with E-state index >= 15 is 0 Å². The Kier molecular flexibility index (Phi) is 4.59. The number of amides is 1. The molecule has 0 aliphatic heterocycles. The van der Waals surface area contributed by atoms with E-state index in [1.54, 1.807) is 24.5 Å². The number of nitrogens with one attached hydrogen (secondary N) is 1. The Labute approximate surface area is 133 Å². The number of hydrogen-bond donors (Lipinski definition) is 1. The van der Waals surface area contributed by atoms with Gasteiger partial charge in [0.25, 0.3) is 5.91 Å². The van der Waals surface area contributed by atoms with Gasteiger partial charge in [-0.15, -0.1) is 11.3 Å². The molecule has 2 aromatic heterocycles. The number of thiophene rings is 1. The maximum atomic E-state index is 12.3. The highest BCUT2D eigenvalue weighted by atomic mass is 32.1. The van der Waals surface area contributed by atoms with Gasteiger partial charge < -0.3 is 14.6 Å². The van der Waals surface area contributed by atoms with Crippen molar-refractivity contribution in [1.29, 1.82) is 0 Å². The quantitative estimate of drug-likeness (QED) is 0.888. The maximum Gasteiger partial charge on any atom is 0.273 e. The number of aromatic nitrogens is 1. The van der Waals surface area contributed by atoms with Crippen molar-refractivity contribution in [3.05, 3.63) is 39.9 Å². The lowest BCUT2D eigenvalue weighted by atomic mass is 9.84. The van der Waals surface area contributed by atoms with Crippen LogP contribution in [0.2, 0.25) is 0 Å². The third-order valence-electron chi connectivity index (χ3n) is 4.27. The molecule has 1 amide bonds. The fourth-order valence-electron chi connectivity index (χ4n) is 3.11. The van der Waals surface area contributed by atoms with Crippen LogP contribution in [-0.2, 0) is 16.8 Å². The molecule has 1 aliphatic carbocycles. The number of hydrogen-bond acceptors (Lipinski definition) is 5. The first kappa shape index (κ1) is 15.2. The molecule has 1 fully saturated rings. The summed E-state index contributed by atoms with van der Waals surface area (Å²) in [5, 5.41) is 8.93. The fraction of sp³-hybridized carbons (Fsp3) is 0.500. The van der Waals surface area contributed by atoms with E-state index in [1.165, 1.54) is 17.7 Å². The predicted octanol–water partition coefficient (Wildman–Crippen LogP) is 3.12. The van der Waals surface area contributed by atoms with E-state index in [0.29, 0.717) is 24.6 Å². The van der Waals surface area contributed by atoms with Gasteiger partial charge in [0.2, 0.25) is 0 Å². The lowest BCUT2D eigenvalue weighted by Crippen LogP contribution is -2.38.